The first-order valence-electron chi connectivity index (χ1n) is 11.7. The molecule has 2 atom stereocenters. The Morgan fingerprint density at radius 3 is 2.71 bits per heavy atom. The molecule has 0 bridgehead atoms. The number of hydrogen-bond donors (Lipinski definition) is 5. The molecule has 200 valence electrons. The molecule has 0 saturated heterocycles. The van der Waals surface area contributed by atoms with E-state index >= 15 is 0 Å². The molecule has 2 aromatic carbocycles. The highest BCUT2D eigenvalue weighted by Gasteiger charge is 2.29. The van der Waals surface area contributed by atoms with Gasteiger partial charge in [-0.3, -0.25) is 9.59 Å². The van der Waals surface area contributed by atoms with Crippen molar-refractivity contribution < 1.29 is 29.0 Å². The molecule has 4 rings (SSSR count). The number of benzene rings is 2. The molecule has 0 saturated carbocycles. The number of aliphatic carboxylic acids is 1. The summed E-state index contributed by atoms with van der Waals surface area (Å²) in [5.41, 5.74) is 8.15. The molecule has 0 spiro atoms. The summed E-state index contributed by atoms with van der Waals surface area (Å²) >= 11 is 13.0. The van der Waals surface area contributed by atoms with Crippen molar-refractivity contribution in [2.24, 2.45) is 5.73 Å². The van der Waals surface area contributed by atoms with E-state index in [1.165, 1.54) is 13.1 Å². The maximum Gasteiger partial charge on any atom is 0.328 e. The molecule has 12 heteroatoms. The van der Waals surface area contributed by atoms with Gasteiger partial charge < -0.3 is 35.9 Å². The molecule has 2 heterocycles. The van der Waals surface area contributed by atoms with E-state index in [2.05, 4.69) is 10.6 Å². The lowest BCUT2D eigenvalue weighted by Gasteiger charge is -2.30. The second-order valence-corrected chi connectivity index (χ2v) is 9.71. The Bertz CT molecular complexity index is 1430. The maximum atomic E-state index is 13.1. The molecule has 1 aromatic heterocycles. The first-order valence-corrected chi connectivity index (χ1v) is 12.5. The Morgan fingerprint density at radius 1 is 1.24 bits per heavy atom. The summed E-state index contributed by atoms with van der Waals surface area (Å²) in [5, 5.41) is 25.1. The van der Waals surface area contributed by atoms with Crippen molar-refractivity contribution in [1.29, 1.82) is 0 Å². The minimum Gasteiger partial charge on any atom is -0.480 e. The van der Waals surface area contributed by atoms with Crippen LogP contribution >= 0.6 is 23.2 Å². The Hall–Kier alpha value is -3.73. The van der Waals surface area contributed by atoms with Gasteiger partial charge in [0.25, 0.3) is 11.8 Å². The van der Waals surface area contributed by atoms with Crippen LogP contribution in [0.15, 0.2) is 52.9 Å². The zero-order valence-corrected chi connectivity index (χ0v) is 21.8. The lowest BCUT2D eigenvalue weighted by molar-refractivity contribution is -0.139. The number of amides is 2. The van der Waals surface area contributed by atoms with Crippen LogP contribution in [-0.4, -0.2) is 58.1 Å². The van der Waals surface area contributed by atoms with Crippen molar-refractivity contribution in [2.45, 2.75) is 32.0 Å². The van der Waals surface area contributed by atoms with E-state index in [1.54, 1.807) is 29.4 Å². The first kappa shape index (κ1) is 27.3. The zero-order chi connectivity index (χ0) is 27.6. The van der Waals surface area contributed by atoms with Crippen molar-refractivity contribution in [3.05, 3.63) is 80.8 Å². The van der Waals surface area contributed by atoms with E-state index < -0.39 is 24.0 Å². The van der Waals surface area contributed by atoms with Crippen LogP contribution in [0.3, 0.4) is 0 Å². The minimum absolute atomic E-state index is 0.0351. The normalized spacial score (nSPS) is 15.1. The number of rotatable bonds is 8. The van der Waals surface area contributed by atoms with E-state index in [4.69, 9.17) is 33.4 Å². The number of aliphatic hydroxyl groups is 1. The zero-order valence-electron chi connectivity index (χ0n) is 20.3. The van der Waals surface area contributed by atoms with Gasteiger partial charge >= 0.3 is 5.97 Å². The summed E-state index contributed by atoms with van der Waals surface area (Å²) in [7, 11) is 0. The fraction of sp³-hybridized carbons (Fsp3) is 0.269. The van der Waals surface area contributed by atoms with Crippen LogP contribution in [0.2, 0.25) is 10.0 Å². The summed E-state index contributed by atoms with van der Waals surface area (Å²) in [4.78, 5) is 39.5. The van der Waals surface area contributed by atoms with Crippen molar-refractivity contribution in [2.75, 3.05) is 13.1 Å². The van der Waals surface area contributed by atoms with Gasteiger partial charge in [0.1, 0.15) is 11.6 Å². The third kappa shape index (κ3) is 5.72. The van der Waals surface area contributed by atoms with Gasteiger partial charge in [-0.1, -0.05) is 29.3 Å². The predicted molar refractivity (Wildman–Crippen MR) is 142 cm³/mol. The van der Waals surface area contributed by atoms with Gasteiger partial charge in [-0.05, 0) is 48.7 Å². The van der Waals surface area contributed by atoms with Crippen LogP contribution < -0.4 is 16.4 Å². The SMILES string of the molecule is CC(O)/C(N)=C/NC[C@H](NC(=O)c1c(Cl)cc2c(c1Cl)CCN(C(=O)c1ccc3ccoc3c1)C2)C(=O)O. The fourth-order valence-corrected chi connectivity index (χ4v) is 4.91. The first-order chi connectivity index (χ1) is 18.1. The van der Waals surface area contributed by atoms with Crippen LogP contribution in [0.4, 0.5) is 0 Å². The molecule has 0 radical (unpaired) electrons. The number of nitrogens with zero attached hydrogens (tertiary/aromatic N) is 1. The molecule has 2 amide bonds. The summed E-state index contributed by atoms with van der Waals surface area (Å²) in [6.07, 6.45) is 2.30. The van der Waals surface area contributed by atoms with Crippen molar-refractivity contribution >= 4 is 52.0 Å². The van der Waals surface area contributed by atoms with E-state index in [0.29, 0.717) is 35.2 Å². The lowest BCUT2D eigenvalue weighted by atomic mass is 9.96. The monoisotopic (exact) mass is 560 g/mol. The Labute approximate surface area is 228 Å². The molecular formula is C26H26Cl2N4O6. The lowest BCUT2D eigenvalue weighted by Crippen LogP contribution is -2.46. The highest BCUT2D eigenvalue weighted by atomic mass is 35.5. The minimum atomic E-state index is -1.33. The number of carboxylic acid groups (broad SMARTS) is 1. The smallest absolute Gasteiger partial charge is 0.328 e. The van der Waals surface area contributed by atoms with E-state index in [-0.39, 0.29) is 40.3 Å². The molecule has 1 aliphatic rings. The number of carbonyl (C=O) groups is 3. The fourth-order valence-electron chi connectivity index (χ4n) is 4.15. The standard InChI is InChI=1S/C26H26Cl2N4O6/c1-13(33)19(29)10-30-11-20(26(36)37)31-24(34)22-18(27)8-16-12-32(6-4-17(16)23(22)28)25(35)15-3-2-14-5-7-38-21(14)9-15/h2-3,5,7-10,13,20,30,33H,4,6,11-12,29H2,1H3,(H,31,34)(H,36,37)/b19-10-/t13?,20-/m0/s1. The number of carboxylic acids is 1. The van der Waals surface area contributed by atoms with Crippen LogP contribution in [0.5, 0.6) is 0 Å². The quantitative estimate of drug-likeness (QED) is 0.281. The number of aliphatic hydroxyl groups excluding tert-OH is 1. The van der Waals surface area contributed by atoms with Gasteiger partial charge in [-0.2, -0.15) is 0 Å². The van der Waals surface area contributed by atoms with Crippen molar-refractivity contribution in [1.82, 2.24) is 15.5 Å². The maximum absolute atomic E-state index is 13.1. The van der Waals surface area contributed by atoms with Gasteiger partial charge in [-0.25, -0.2) is 4.79 Å². The third-order valence-corrected chi connectivity index (χ3v) is 7.01. The summed E-state index contributed by atoms with van der Waals surface area (Å²) in [6, 6.07) is 7.32. The average molecular weight is 561 g/mol. The van der Waals surface area contributed by atoms with Crippen LogP contribution in [0.25, 0.3) is 11.0 Å². The van der Waals surface area contributed by atoms with E-state index in [0.717, 1.165) is 5.39 Å². The summed E-state index contributed by atoms with van der Waals surface area (Å²) < 4.78 is 5.40. The topological polar surface area (TPSA) is 158 Å². The molecule has 1 aliphatic heterocycles. The predicted octanol–water partition coefficient (Wildman–Crippen LogP) is 2.89. The number of nitrogens with one attached hydrogen (secondary N) is 2. The third-order valence-electron chi connectivity index (χ3n) is 6.30. The Morgan fingerprint density at radius 2 is 2.00 bits per heavy atom. The van der Waals surface area contributed by atoms with Gasteiger partial charge in [0.2, 0.25) is 0 Å². The number of furan rings is 1. The molecule has 10 nitrogen and oxygen atoms in total. The second kappa shape index (κ2) is 11.3. The molecule has 1 unspecified atom stereocenters. The number of fused-ring (bicyclic) bond motifs is 2. The second-order valence-electron chi connectivity index (χ2n) is 8.93. The average Bonchev–Trinajstić information content (AvgIpc) is 3.35. The number of hydrogen-bond acceptors (Lipinski definition) is 7. The van der Waals surface area contributed by atoms with Crippen molar-refractivity contribution in [3.8, 4) is 0 Å². The molecule has 6 N–H and O–H groups in total. The van der Waals surface area contributed by atoms with Crippen molar-refractivity contribution in [3.63, 3.8) is 0 Å². The molecule has 3 aromatic rings. The number of carbonyl (C=O) groups excluding carboxylic acids is 2. The number of halogens is 2. The van der Waals surface area contributed by atoms with E-state index in [1.807, 2.05) is 12.1 Å². The van der Waals surface area contributed by atoms with Gasteiger partial charge in [0.15, 0.2) is 0 Å². The largest absolute Gasteiger partial charge is 0.480 e. The summed E-state index contributed by atoms with van der Waals surface area (Å²) in [5.74, 6) is -2.22. The summed E-state index contributed by atoms with van der Waals surface area (Å²) in [6.45, 7) is 1.86. The van der Waals surface area contributed by atoms with Crippen LogP contribution in [0, 0.1) is 0 Å². The van der Waals surface area contributed by atoms with Gasteiger partial charge in [0, 0.05) is 36.8 Å². The van der Waals surface area contributed by atoms with Gasteiger partial charge in [-0.15, -0.1) is 0 Å². The Balaban J connectivity index is 1.50. The number of nitrogens with two attached hydrogens (primary N) is 1. The van der Waals surface area contributed by atoms with Crippen LogP contribution in [-0.2, 0) is 17.8 Å². The molecule has 0 aliphatic carbocycles. The molecule has 0 fully saturated rings. The highest BCUT2D eigenvalue weighted by molar-refractivity contribution is 6.40. The molecule has 38 heavy (non-hydrogen) atoms. The Kier molecular flexibility index (Phi) is 8.15. The highest BCUT2D eigenvalue weighted by Crippen LogP contribution is 2.35. The van der Waals surface area contributed by atoms with E-state index in [9.17, 15) is 24.6 Å². The van der Waals surface area contributed by atoms with Gasteiger partial charge in [0.05, 0.1) is 33.7 Å². The van der Waals surface area contributed by atoms with Crippen LogP contribution in [0.1, 0.15) is 38.8 Å². The molecular weight excluding hydrogens is 535 g/mol.